The van der Waals surface area contributed by atoms with Crippen LogP contribution in [0, 0.1) is 5.92 Å². The van der Waals surface area contributed by atoms with Crippen molar-refractivity contribution in [1.29, 1.82) is 0 Å². The first-order valence-electron chi connectivity index (χ1n) is 5.51. The predicted molar refractivity (Wildman–Crippen MR) is 62.9 cm³/mol. The molecule has 0 spiro atoms. The predicted octanol–water partition coefficient (Wildman–Crippen LogP) is 2.48. The average Bonchev–Trinajstić information content (AvgIpc) is 2.84. The highest BCUT2D eigenvalue weighted by atomic mass is 35.5. The van der Waals surface area contributed by atoms with E-state index in [-0.39, 0.29) is 0 Å². The zero-order chi connectivity index (χ0) is 10.3. The van der Waals surface area contributed by atoms with Crippen LogP contribution in [0.25, 0.3) is 0 Å². The van der Waals surface area contributed by atoms with Gasteiger partial charge in [-0.1, -0.05) is 0 Å². The van der Waals surface area contributed by atoms with Crippen LogP contribution in [0.4, 0.5) is 5.13 Å². The molecule has 15 heavy (non-hydrogen) atoms. The van der Waals surface area contributed by atoms with E-state index in [2.05, 4.69) is 14.3 Å². The molecule has 0 N–H and O–H groups in total. The molecule has 1 unspecified atom stereocenters. The van der Waals surface area contributed by atoms with Gasteiger partial charge in [-0.05, 0) is 25.2 Å². The van der Waals surface area contributed by atoms with Crippen LogP contribution in [0.2, 0.25) is 0 Å². The summed E-state index contributed by atoms with van der Waals surface area (Å²) < 4.78 is 4.43. The lowest BCUT2D eigenvalue weighted by Crippen LogP contribution is -2.19. The molecule has 3 nitrogen and oxygen atoms in total. The molecule has 0 radical (unpaired) electrons. The van der Waals surface area contributed by atoms with Crippen molar-refractivity contribution in [2.45, 2.75) is 25.2 Å². The Morgan fingerprint density at radius 3 is 2.93 bits per heavy atom. The highest BCUT2D eigenvalue weighted by Crippen LogP contribution is 2.40. The van der Waals surface area contributed by atoms with Gasteiger partial charge in [0.25, 0.3) is 0 Å². The molecule has 1 atom stereocenters. The molecule has 1 saturated carbocycles. The van der Waals surface area contributed by atoms with E-state index >= 15 is 0 Å². The minimum atomic E-state index is 0.639. The molecule has 0 bridgehead atoms. The third-order valence-electron chi connectivity index (χ3n) is 3.15. The van der Waals surface area contributed by atoms with Crippen molar-refractivity contribution in [1.82, 2.24) is 9.36 Å². The highest BCUT2D eigenvalue weighted by molar-refractivity contribution is 7.09. The number of hydrogen-bond acceptors (Lipinski definition) is 4. The first-order valence-corrected chi connectivity index (χ1v) is 6.82. The van der Waals surface area contributed by atoms with E-state index in [1.807, 2.05) is 0 Å². The van der Waals surface area contributed by atoms with Gasteiger partial charge in [0.1, 0.15) is 5.82 Å². The van der Waals surface area contributed by atoms with Crippen LogP contribution < -0.4 is 4.90 Å². The number of aromatic nitrogens is 2. The molecule has 1 aliphatic carbocycles. The van der Waals surface area contributed by atoms with Gasteiger partial charge in [0, 0.05) is 36.4 Å². The Morgan fingerprint density at radius 1 is 1.40 bits per heavy atom. The molecule has 82 valence electrons. The van der Waals surface area contributed by atoms with Crippen molar-refractivity contribution in [3.8, 4) is 0 Å². The Morgan fingerprint density at radius 2 is 2.27 bits per heavy atom. The van der Waals surface area contributed by atoms with Gasteiger partial charge in [-0.2, -0.15) is 4.37 Å². The van der Waals surface area contributed by atoms with Crippen molar-refractivity contribution >= 4 is 28.3 Å². The van der Waals surface area contributed by atoms with E-state index in [9.17, 15) is 0 Å². The Balaban J connectivity index is 1.70. The van der Waals surface area contributed by atoms with Crippen LogP contribution in [-0.2, 0) is 0 Å². The van der Waals surface area contributed by atoms with E-state index in [1.165, 1.54) is 19.3 Å². The largest absolute Gasteiger partial charge is 0.347 e. The van der Waals surface area contributed by atoms with Gasteiger partial charge in [0.15, 0.2) is 0 Å². The number of alkyl halides is 1. The second-order valence-electron chi connectivity index (χ2n) is 4.46. The molecule has 2 fully saturated rings. The molecule has 1 saturated heterocycles. The summed E-state index contributed by atoms with van der Waals surface area (Å²) in [6.45, 7) is 2.15. The van der Waals surface area contributed by atoms with E-state index in [0.717, 1.165) is 29.9 Å². The molecule has 3 rings (SSSR count). The summed E-state index contributed by atoms with van der Waals surface area (Å²) in [6, 6.07) is 0. The Hall–Kier alpha value is -0.350. The fourth-order valence-electron chi connectivity index (χ4n) is 1.99. The lowest BCUT2D eigenvalue weighted by Gasteiger charge is -2.12. The summed E-state index contributed by atoms with van der Waals surface area (Å²) >= 11 is 7.42. The smallest absolute Gasteiger partial charge is 0.205 e. The standard InChI is InChI=1S/C10H14ClN3S/c11-5-7-3-4-14(6-7)10-12-9(13-15-10)8-1-2-8/h7-8H,1-6H2. The maximum atomic E-state index is 5.87. The van der Waals surface area contributed by atoms with E-state index in [1.54, 1.807) is 11.5 Å². The van der Waals surface area contributed by atoms with Crippen molar-refractivity contribution in [2.24, 2.45) is 5.92 Å². The van der Waals surface area contributed by atoms with Crippen LogP contribution in [0.1, 0.15) is 31.0 Å². The van der Waals surface area contributed by atoms with Crippen molar-refractivity contribution < 1.29 is 0 Å². The monoisotopic (exact) mass is 243 g/mol. The summed E-state index contributed by atoms with van der Waals surface area (Å²) in [6.07, 6.45) is 3.75. The second kappa shape index (κ2) is 3.91. The molecule has 1 aromatic heterocycles. The minimum absolute atomic E-state index is 0.639. The third kappa shape index (κ3) is 1.97. The first kappa shape index (κ1) is 9.85. The van der Waals surface area contributed by atoms with E-state index < -0.39 is 0 Å². The number of halogens is 1. The fourth-order valence-corrected chi connectivity index (χ4v) is 3.03. The summed E-state index contributed by atoms with van der Waals surface area (Å²) in [7, 11) is 0. The molecule has 1 aliphatic heterocycles. The molecular formula is C10H14ClN3S. The maximum absolute atomic E-state index is 5.87. The van der Waals surface area contributed by atoms with Gasteiger partial charge in [-0.25, -0.2) is 4.98 Å². The van der Waals surface area contributed by atoms with Gasteiger partial charge in [-0.15, -0.1) is 11.6 Å². The van der Waals surface area contributed by atoms with Crippen molar-refractivity contribution in [3.63, 3.8) is 0 Å². The van der Waals surface area contributed by atoms with Crippen LogP contribution in [0.3, 0.4) is 0 Å². The lowest BCUT2D eigenvalue weighted by molar-refractivity contribution is 0.667. The van der Waals surface area contributed by atoms with Gasteiger partial charge >= 0.3 is 0 Å². The Labute approximate surface area is 98.6 Å². The van der Waals surface area contributed by atoms with Gasteiger partial charge in [0.2, 0.25) is 5.13 Å². The number of anilines is 1. The van der Waals surface area contributed by atoms with Crippen molar-refractivity contribution in [2.75, 3.05) is 23.9 Å². The SMILES string of the molecule is ClCC1CCN(c2nc(C3CC3)ns2)C1. The molecule has 0 amide bonds. The van der Waals surface area contributed by atoms with Crippen LogP contribution in [-0.4, -0.2) is 28.3 Å². The summed E-state index contributed by atoms with van der Waals surface area (Å²) in [4.78, 5) is 6.94. The van der Waals surface area contributed by atoms with E-state index in [4.69, 9.17) is 11.6 Å². The normalized spacial score (nSPS) is 26.2. The van der Waals surface area contributed by atoms with Gasteiger partial charge in [0.05, 0.1) is 0 Å². The molecular weight excluding hydrogens is 230 g/mol. The molecule has 2 aliphatic rings. The van der Waals surface area contributed by atoms with Crippen LogP contribution in [0.5, 0.6) is 0 Å². The Kier molecular flexibility index (Phi) is 2.56. The zero-order valence-corrected chi connectivity index (χ0v) is 10.1. The average molecular weight is 244 g/mol. The fraction of sp³-hybridized carbons (Fsp3) is 0.800. The van der Waals surface area contributed by atoms with Crippen molar-refractivity contribution in [3.05, 3.63) is 5.82 Å². The lowest BCUT2D eigenvalue weighted by atomic mass is 10.2. The zero-order valence-electron chi connectivity index (χ0n) is 8.53. The highest BCUT2D eigenvalue weighted by Gasteiger charge is 2.30. The first-order chi connectivity index (χ1) is 7.36. The van der Waals surface area contributed by atoms with Gasteiger partial charge < -0.3 is 4.90 Å². The molecule has 2 heterocycles. The topological polar surface area (TPSA) is 29.0 Å². The number of hydrogen-bond donors (Lipinski definition) is 0. The second-order valence-corrected chi connectivity index (χ2v) is 5.50. The molecule has 5 heteroatoms. The summed E-state index contributed by atoms with van der Waals surface area (Å²) in [5.74, 6) is 3.15. The number of rotatable bonds is 3. The summed E-state index contributed by atoms with van der Waals surface area (Å²) in [5.41, 5.74) is 0. The molecule has 0 aromatic carbocycles. The van der Waals surface area contributed by atoms with Crippen LogP contribution >= 0.6 is 23.1 Å². The Bertz CT molecular complexity index is 350. The third-order valence-corrected chi connectivity index (χ3v) is 4.38. The van der Waals surface area contributed by atoms with Crippen LogP contribution in [0.15, 0.2) is 0 Å². The maximum Gasteiger partial charge on any atom is 0.205 e. The number of nitrogens with zero attached hydrogens (tertiary/aromatic N) is 3. The van der Waals surface area contributed by atoms with E-state index in [0.29, 0.717) is 11.8 Å². The summed E-state index contributed by atoms with van der Waals surface area (Å²) in [5, 5.41) is 1.10. The quantitative estimate of drug-likeness (QED) is 0.764. The molecule has 1 aromatic rings. The minimum Gasteiger partial charge on any atom is -0.347 e. The van der Waals surface area contributed by atoms with Gasteiger partial charge in [-0.3, -0.25) is 0 Å².